The predicted octanol–water partition coefficient (Wildman–Crippen LogP) is 5.59. The van der Waals surface area contributed by atoms with Crippen LogP contribution in [0, 0.1) is 5.82 Å². The normalized spacial score (nSPS) is 20.9. The number of benzene rings is 3. The minimum atomic E-state index is -0.752. The summed E-state index contributed by atoms with van der Waals surface area (Å²) in [5, 5.41) is 3.53. The third-order valence-electron chi connectivity index (χ3n) is 6.54. The van der Waals surface area contributed by atoms with Crippen LogP contribution in [0.4, 0.5) is 10.1 Å². The monoisotopic (exact) mass is 462 g/mol. The first-order valence-corrected chi connectivity index (χ1v) is 11.4. The van der Waals surface area contributed by atoms with Crippen LogP contribution in [-0.2, 0) is 16.8 Å². The Hall–Kier alpha value is -3.18. The van der Waals surface area contributed by atoms with Crippen molar-refractivity contribution in [3.8, 4) is 0 Å². The molecule has 3 aromatic rings. The summed E-state index contributed by atoms with van der Waals surface area (Å²) in [7, 11) is 0. The first kappa shape index (κ1) is 21.7. The zero-order valence-electron chi connectivity index (χ0n) is 18.4. The average molecular weight is 463 g/mol. The molecule has 2 atom stereocenters. The largest absolute Gasteiger partial charge is 0.350 e. The zero-order chi connectivity index (χ0) is 23.3. The summed E-state index contributed by atoms with van der Waals surface area (Å²) in [5.41, 5.74) is 3.13. The van der Waals surface area contributed by atoms with Crippen LogP contribution < -0.4 is 10.2 Å². The maximum absolute atomic E-state index is 14.3. The van der Waals surface area contributed by atoms with Gasteiger partial charge in [0.25, 0.3) is 5.91 Å². The molecule has 0 bridgehead atoms. The molecule has 1 spiro atoms. The van der Waals surface area contributed by atoms with Gasteiger partial charge in [0, 0.05) is 28.2 Å². The van der Waals surface area contributed by atoms with Crippen LogP contribution in [-0.4, -0.2) is 17.9 Å². The molecule has 168 valence electrons. The van der Waals surface area contributed by atoms with Crippen molar-refractivity contribution in [1.82, 2.24) is 5.32 Å². The van der Waals surface area contributed by atoms with E-state index in [9.17, 15) is 14.0 Å². The van der Waals surface area contributed by atoms with Gasteiger partial charge < -0.3 is 10.2 Å². The van der Waals surface area contributed by atoms with E-state index in [1.165, 1.54) is 12.1 Å². The molecule has 1 aliphatic heterocycles. The van der Waals surface area contributed by atoms with Crippen molar-refractivity contribution < 1.29 is 14.0 Å². The Morgan fingerprint density at radius 1 is 1.15 bits per heavy atom. The smallest absolute Gasteiger partial charge is 0.251 e. The summed E-state index contributed by atoms with van der Waals surface area (Å²) < 4.78 is 14.3. The van der Waals surface area contributed by atoms with Crippen LogP contribution in [0.15, 0.2) is 66.7 Å². The molecule has 0 unspecified atom stereocenters. The van der Waals surface area contributed by atoms with Crippen molar-refractivity contribution in [3.63, 3.8) is 0 Å². The van der Waals surface area contributed by atoms with Crippen molar-refractivity contribution >= 4 is 29.1 Å². The first-order valence-electron chi connectivity index (χ1n) is 11.1. The molecule has 1 heterocycles. The van der Waals surface area contributed by atoms with Crippen LogP contribution in [0.2, 0.25) is 5.02 Å². The number of amides is 2. The van der Waals surface area contributed by atoms with Crippen LogP contribution >= 0.6 is 11.6 Å². The van der Waals surface area contributed by atoms with Gasteiger partial charge in [-0.3, -0.25) is 9.59 Å². The predicted molar refractivity (Wildman–Crippen MR) is 127 cm³/mol. The molecular weight excluding hydrogens is 439 g/mol. The van der Waals surface area contributed by atoms with Crippen molar-refractivity contribution in [2.75, 3.05) is 4.90 Å². The standard InChI is InChI=1S/C27H24ClFN2O2/c1-16(2)30-25(32)19-5-3-4-17(12-19)15-31-24-11-10-21(29)13-22(24)27(26(31)33)14-23(27)18-6-8-20(28)9-7-18/h3-13,16,23H,14-15H2,1-2H3,(H,30,32)/t23-,27-/m1/s1. The fourth-order valence-electron chi connectivity index (χ4n) is 4.96. The van der Waals surface area contributed by atoms with Gasteiger partial charge in [-0.2, -0.15) is 0 Å². The van der Waals surface area contributed by atoms with Crippen LogP contribution in [0.3, 0.4) is 0 Å². The molecule has 4 nitrogen and oxygen atoms in total. The average Bonchev–Trinajstić information content (AvgIpc) is 3.50. The molecule has 1 N–H and O–H groups in total. The quantitative estimate of drug-likeness (QED) is 0.537. The van der Waals surface area contributed by atoms with Gasteiger partial charge in [0.15, 0.2) is 0 Å². The molecule has 33 heavy (non-hydrogen) atoms. The third kappa shape index (κ3) is 3.70. The Kier molecular flexibility index (Phi) is 5.25. The van der Waals surface area contributed by atoms with Crippen LogP contribution in [0.25, 0.3) is 0 Å². The molecule has 1 fully saturated rings. The van der Waals surface area contributed by atoms with Crippen molar-refractivity contribution in [3.05, 3.63) is 99.8 Å². The molecule has 3 aromatic carbocycles. The number of anilines is 1. The molecule has 2 aliphatic rings. The lowest BCUT2D eigenvalue weighted by Crippen LogP contribution is -2.33. The van der Waals surface area contributed by atoms with Crippen molar-refractivity contribution in [2.45, 2.75) is 44.2 Å². The Bertz CT molecular complexity index is 1260. The van der Waals surface area contributed by atoms with E-state index in [1.807, 2.05) is 56.3 Å². The molecule has 1 aliphatic carbocycles. The Labute approximate surface area is 197 Å². The Morgan fingerprint density at radius 3 is 2.64 bits per heavy atom. The van der Waals surface area contributed by atoms with Crippen molar-refractivity contribution in [2.24, 2.45) is 0 Å². The molecule has 0 aromatic heterocycles. The summed E-state index contributed by atoms with van der Waals surface area (Å²) in [5.74, 6) is -0.545. The van der Waals surface area contributed by atoms with Gasteiger partial charge in [0.2, 0.25) is 5.91 Å². The highest BCUT2D eigenvalue weighted by molar-refractivity contribution is 6.30. The summed E-state index contributed by atoms with van der Waals surface area (Å²) >= 11 is 6.04. The number of carbonyl (C=O) groups excluding carboxylic acids is 2. The molecule has 0 radical (unpaired) electrons. The Morgan fingerprint density at radius 2 is 1.91 bits per heavy atom. The van der Waals surface area contributed by atoms with Crippen LogP contribution in [0.1, 0.15) is 53.2 Å². The van der Waals surface area contributed by atoms with E-state index in [2.05, 4.69) is 5.32 Å². The number of rotatable bonds is 5. The second-order valence-electron chi connectivity index (χ2n) is 9.16. The number of nitrogens with zero attached hydrogens (tertiary/aromatic N) is 1. The number of carbonyl (C=O) groups is 2. The highest BCUT2D eigenvalue weighted by atomic mass is 35.5. The van der Waals surface area contributed by atoms with Gasteiger partial charge >= 0.3 is 0 Å². The van der Waals surface area contributed by atoms with E-state index in [-0.39, 0.29) is 29.6 Å². The number of nitrogens with one attached hydrogen (secondary N) is 1. The number of hydrogen-bond donors (Lipinski definition) is 1. The maximum atomic E-state index is 14.3. The minimum absolute atomic E-state index is 0.0176. The van der Waals surface area contributed by atoms with Crippen LogP contribution in [0.5, 0.6) is 0 Å². The minimum Gasteiger partial charge on any atom is -0.350 e. The second-order valence-corrected chi connectivity index (χ2v) is 9.60. The van der Waals surface area contributed by atoms with Crippen molar-refractivity contribution in [1.29, 1.82) is 0 Å². The molecular formula is C27H24ClFN2O2. The highest BCUT2D eigenvalue weighted by Crippen LogP contribution is 2.66. The summed E-state index contributed by atoms with van der Waals surface area (Å²) in [4.78, 5) is 27.9. The third-order valence-corrected chi connectivity index (χ3v) is 6.79. The lowest BCUT2D eigenvalue weighted by atomic mass is 9.92. The number of hydrogen-bond acceptors (Lipinski definition) is 2. The van der Waals surface area contributed by atoms with Gasteiger partial charge in [-0.15, -0.1) is 0 Å². The van der Waals surface area contributed by atoms with Gasteiger partial charge in [0.1, 0.15) is 5.82 Å². The van der Waals surface area contributed by atoms with E-state index < -0.39 is 5.41 Å². The lowest BCUT2D eigenvalue weighted by Gasteiger charge is -2.19. The number of halogens is 2. The van der Waals surface area contributed by atoms with E-state index in [1.54, 1.807) is 17.0 Å². The van der Waals surface area contributed by atoms with Gasteiger partial charge in [-0.1, -0.05) is 35.9 Å². The molecule has 6 heteroatoms. The Balaban J connectivity index is 1.48. The van der Waals surface area contributed by atoms with E-state index in [4.69, 9.17) is 11.6 Å². The summed E-state index contributed by atoms with van der Waals surface area (Å²) in [6.07, 6.45) is 0.636. The fourth-order valence-corrected chi connectivity index (χ4v) is 5.08. The molecule has 0 saturated heterocycles. The SMILES string of the molecule is CC(C)NC(=O)c1cccc(CN2C(=O)[C@]3(C[C@@H]3c3ccc(Cl)cc3)c3cc(F)ccc32)c1. The first-order chi connectivity index (χ1) is 15.8. The molecule has 2 amide bonds. The fraction of sp³-hybridized carbons (Fsp3) is 0.259. The summed E-state index contributed by atoms with van der Waals surface area (Å²) in [6.45, 7) is 4.13. The van der Waals surface area contributed by atoms with E-state index in [0.717, 1.165) is 22.4 Å². The summed E-state index contributed by atoms with van der Waals surface area (Å²) in [6, 6.07) is 19.4. The van der Waals surface area contributed by atoms with E-state index >= 15 is 0 Å². The molecule has 5 rings (SSSR count). The van der Waals surface area contributed by atoms with Gasteiger partial charge in [0.05, 0.1) is 12.0 Å². The van der Waals surface area contributed by atoms with E-state index in [0.29, 0.717) is 23.6 Å². The second kappa shape index (κ2) is 7.99. The highest BCUT2D eigenvalue weighted by Gasteiger charge is 2.67. The maximum Gasteiger partial charge on any atom is 0.251 e. The topological polar surface area (TPSA) is 49.4 Å². The zero-order valence-corrected chi connectivity index (χ0v) is 19.2. The van der Waals surface area contributed by atoms with Gasteiger partial charge in [-0.05, 0) is 79.4 Å². The molecule has 1 saturated carbocycles. The van der Waals surface area contributed by atoms with Gasteiger partial charge in [-0.25, -0.2) is 4.39 Å². The number of fused-ring (bicyclic) bond motifs is 2. The lowest BCUT2D eigenvalue weighted by molar-refractivity contribution is -0.120.